The Bertz CT molecular complexity index is 1490. The lowest BCUT2D eigenvalue weighted by molar-refractivity contribution is -0.143. The summed E-state index contributed by atoms with van der Waals surface area (Å²) in [7, 11) is 0. The van der Waals surface area contributed by atoms with Crippen LogP contribution in [-0.4, -0.2) is 58.0 Å². The molecule has 0 aliphatic carbocycles. The molecule has 1 fully saturated rings. The maximum absolute atomic E-state index is 13.7. The first-order chi connectivity index (χ1) is 17.4. The topological polar surface area (TPSA) is 79.0 Å². The van der Waals surface area contributed by atoms with Crippen molar-refractivity contribution in [2.24, 2.45) is 4.99 Å². The number of hydrogen-bond donors (Lipinski definition) is 0. The van der Waals surface area contributed by atoms with Crippen LogP contribution in [0.25, 0.3) is 22.4 Å². The Labute approximate surface area is 221 Å². The van der Waals surface area contributed by atoms with E-state index < -0.39 is 5.54 Å². The van der Waals surface area contributed by atoms with Gasteiger partial charge in [-0.15, -0.1) is 0 Å². The van der Waals surface area contributed by atoms with E-state index in [4.69, 9.17) is 21.0 Å². The molecular weight excluding hydrogens is 488 g/mol. The number of piperazine rings is 1. The lowest BCUT2D eigenvalue weighted by Gasteiger charge is -2.45. The summed E-state index contributed by atoms with van der Waals surface area (Å²) in [4.78, 5) is 39.4. The van der Waals surface area contributed by atoms with Crippen molar-refractivity contribution in [1.29, 1.82) is 0 Å². The van der Waals surface area contributed by atoms with Gasteiger partial charge in [-0.3, -0.25) is 14.6 Å². The zero-order chi connectivity index (χ0) is 26.7. The van der Waals surface area contributed by atoms with E-state index >= 15 is 0 Å². The Morgan fingerprint density at radius 1 is 1.14 bits per heavy atom. The van der Waals surface area contributed by atoms with Gasteiger partial charge in [-0.25, -0.2) is 4.98 Å². The minimum atomic E-state index is -1.04. The van der Waals surface area contributed by atoms with Gasteiger partial charge in [0.25, 0.3) is 11.8 Å². The summed E-state index contributed by atoms with van der Waals surface area (Å²) in [6.07, 6.45) is 3.63. The highest BCUT2D eigenvalue weighted by atomic mass is 35.5. The van der Waals surface area contributed by atoms with Gasteiger partial charge in [0, 0.05) is 41.5 Å². The number of hydrogen-bond acceptors (Lipinski definition) is 5. The number of aromatic nitrogens is 1. The lowest BCUT2D eigenvalue weighted by Crippen LogP contribution is -2.64. The fourth-order valence-corrected chi connectivity index (χ4v) is 5.04. The Kier molecular flexibility index (Phi) is 6.02. The van der Waals surface area contributed by atoms with Crippen molar-refractivity contribution in [3.63, 3.8) is 0 Å². The molecule has 0 atom stereocenters. The van der Waals surface area contributed by atoms with Crippen molar-refractivity contribution in [2.75, 3.05) is 19.6 Å². The molecule has 2 aromatic heterocycles. The number of pyridine rings is 1. The van der Waals surface area contributed by atoms with E-state index in [0.29, 0.717) is 35.8 Å². The van der Waals surface area contributed by atoms with Crippen molar-refractivity contribution in [2.45, 2.75) is 52.5 Å². The molecule has 1 aromatic carbocycles. The maximum atomic E-state index is 13.7. The normalized spacial score (nSPS) is 17.6. The minimum absolute atomic E-state index is 0.142. The van der Waals surface area contributed by atoms with Crippen molar-refractivity contribution in [1.82, 2.24) is 14.8 Å². The number of allylic oxidation sites excluding steroid dienone is 1. The number of nitrogens with zero attached hydrogens (tertiary/aromatic N) is 4. The Morgan fingerprint density at radius 2 is 1.89 bits per heavy atom. The molecule has 1 saturated heterocycles. The van der Waals surface area contributed by atoms with E-state index in [0.717, 1.165) is 28.1 Å². The molecule has 7 nitrogen and oxygen atoms in total. The molecule has 0 bridgehead atoms. The number of fused-ring (bicyclic) bond motifs is 1. The van der Waals surface area contributed by atoms with Crippen LogP contribution in [0.15, 0.2) is 51.5 Å². The number of rotatable bonds is 3. The smallest absolute Gasteiger partial charge is 0.290 e. The van der Waals surface area contributed by atoms with Crippen LogP contribution in [0.3, 0.4) is 0 Å². The number of benzene rings is 1. The third-order valence-corrected chi connectivity index (χ3v) is 7.55. The number of carbonyl (C=O) groups excluding carboxylic acids is 2. The molecule has 0 spiro atoms. The van der Waals surface area contributed by atoms with Gasteiger partial charge in [0.15, 0.2) is 11.3 Å². The van der Waals surface area contributed by atoms with Gasteiger partial charge in [-0.2, -0.15) is 0 Å². The highest BCUT2D eigenvalue weighted by Crippen LogP contribution is 2.36. The summed E-state index contributed by atoms with van der Waals surface area (Å²) >= 11 is 6.24. The molecule has 0 saturated carbocycles. The van der Waals surface area contributed by atoms with E-state index in [1.54, 1.807) is 35.9 Å². The van der Waals surface area contributed by atoms with E-state index in [9.17, 15) is 9.59 Å². The SMILES string of the molecule is Cc1cc(-c2cc(C(C)(C)C)c3oc(C(=O)N4CCN(C5=CCN=C5)C(=O)C4(C)C)cc3n2)ccc1Cl. The average Bonchev–Trinajstić information content (AvgIpc) is 3.51. The largest absolute Gasteiger partial charge is 0.449 e. The molecule has 2 amide bonds. The molecule has 3 aromatic rings. The van der Waals surface area contributed by atoms with Crippen LogP contribution in [-0.2, 0) is 10.2 Å². The fourth-order valence-electron chi connectivity index (χ4n) is 4.92. The van der Waals surface area contributed by atoms with E-state index in [2.05, 4.69) is 25.8 Å². The molecule has 0 unspecified atom stereocenters. The molecule has 4 heterocycles. The fraction of sp³-hybridized carbons (Fsp3) is 0.379. The Hall–Kier alpha value is -3.45. The van der Waals surface area contributed by atoms with Gasteiger partial charge < -0.3 is 14.2 Å². The van der Waals surface area contributed by atoms with E-state index in [-0.39, 0.29) is 23.0 Å². The number of carbonyl (C=O) groups is 2. The summed E-state index contributed by atoms with van der Waals surface area (Å²) in [6, 6.07) is 9.53. The standard InChI is InChI=1S/C29H31ClN4O3/c1-17-13-18(7-8-21(17)30)22-14-20(28(2,3)4)25-23(32-22)15-24(37-25)26(35)34-12-11-33(19-9-10-31-16-19)27(36)29(34,5)6/h7-9,13-16H,10-12H2,1-6H3. The second-order valence-electron chi connectivity index (χ2n) is 11.2. The van der Waals surface area contributed by atoms with Crippen LogP contribution < -0.4 is 0 Å². The van der Waals surface area contributed by atoms with Crippen LogP contribution in [0.2, 0.25) is 5.02 Å². The molecule has 5 rings (SSSR count). The van der Waals surface area contributed by atoms with Crippen LogP contribution in [0.1, 0.15) is 56.3 Å². The lowest BCUT2D eigenvalue weighted by atomic mass is 9.86. The van der Waals surface area contributed by atoms with Gasteiger partial charge in [0.2, 0.25) is 0 Å². The quantitative estimate of drug-likeness (QED) is 0.440. The maximum Gasteiger partial charge on any atom is 0.290 e. The Morgan fingerprint density at radius 3 is 2.54 bits per heavy atom. The summed E-state index contributed by atoms with van der Waals surface area (Å²) in [6.45, 7) is 13.2. The molecule has 0 N–H and O–H groups in total. The highest BCUT2D eigenvalue weighted by molar-refractivity contribution is 6.31. The predicted octanol–water partition coefficient (Wildman–Crippen LogP) is 5.79. The van der Waals surface area contributed by atoms with Gasteiger partial charge in [-0.05, 0) is 56.0 Å². The van der Waals surface area contributed by atoms with Crippen LogP contribution in [0.4, 0.5) is 0 Å². The zero-order valence-electron chi connectivity index (χ0n) is 22.1. The van der Waals surface area contributed by atoms with Crippen molar-refractivity contribution >= 4 is 40.7 Å². The van der Waals surface area contributed by atoms with Crippen LogP contribution in [0, 0.1) is 6.92 Å². The zero-order valence-corrected chi connectivity index (χ0v) is 22.8. The Balaban J connectivity index is 1.54. The van der Waals surface area contributed by atoms with E-state index in [1.165, 1.54) is 0 Å². The number of halogens is 1. The molecule has 8 heteroatoms. The van der Waals surface area contributed by atoms with Crippen molar-refractivity contribution in [3.8, 4) is 11.3 Å². The monoisotopic (exact) mass is 518 g/mol. The second-order valence-corrected chi connectivity index (χ2v) is 11.6. The third kappa shape index (κ3) is 4.35. The molecule has 192 valence electrons. The minimum Gasteiger partial charge on any atom is -0.449 e. The van der Waals surface area contributed by atoms with Gasteiger partial charge in [-0.1, -0.05) is 38.4 Å². The number of aliphatic imine (C=N–C) groups is 1. The first-order valence-electron chi connectivity index (χ1n) is 12.4. The van der Waals surface area contributed by atoms with Gasteiger partial charge >= 0.3 is 0 Å². The number of aryl methyl sites for hydroxylation is 1. The molecule has 0 radical (unpaired) electrons. The van der Waals surface area contributed by atoms with Crippen molar-refractivity contribution < 1.29 is 14.0 Å². The molecular formula is C29H31ClN4O3. The summed E-state index contributed by atoms with van der Waals surface area (Å²) in [5.41, 5.74) is 4.32. The average molecular weight is 519 g/mol. The van der Waals surface area contributed by atoms with Crippen LogP contribution >= 0.6 is 11.6 Å². The molecule has 2 aliphatic rings. The first-order valence-corrected chi connectivity index (χ1v) is 12.8. The van der Waals surface area contributed by atoms with Crippen molar-refractivity contribution in [3.05, 3.63) is 64.0 Å². The summed E-state index contributed by atoms with van der Waals surface area (Å²) < 4.78 is 6.20. The van der Waals surface area contributed by atoms with E-state index in [1.807, 2.05) is 37.3 Å². The van der Waals surface area contributed by atoms with Gasteiger partial charge in [0.1, 0.15) is 11.1 Å². The molecule has 37 heavy (non-hydrogen) atoms. The summed E-state index contributed by atoms with van der Waals surface area (Å²) in [5, 5.41) is 0.700. The molecule has 2 aliphatic heterocycles. The first kappa shape index (κ1) is 25.2. The number of amides is 2. The second kappa shape index (κ2) is 8.84. The van der Waals surface area contributed by atoms with Crippen LogP contribution in [0.5, 0.6) is 0 Å². The summed E-state index contributed by atoms with van der Waals surface area (Å²) in [5.74, 6) is -0.293. The van der Waals surface area contributed by atoms with Gasteiger partial charge in [0.05, 0.1) is 17.9 Å². The predicted molar refractivity (Wildman–Crippen MR) is 146 cm³/mol. The third-order valence-electron chi connectivity index (χ3n) is 7.13. The highest BCUT2D eigenvalue weighted by Gasteiger charge is 2.46. The number of furan rings is 1.